The van der Waals surface area contributed by atoms with E-state index in [9.17, 15) is 0 Å². The standard InChI is InChI=1S/C13H24ClN/c1-9(2)12-6-5-10(3)7-13(12)15-8-11(4)14/h9-10,12-13,15H,4-8H2,1-3H3. The van der Waals surface area contributed by atoms with E-state index in [4.69, 9.17) is 11.6 Å². The van der Waals surface area contributed by atoms with Gasteiger partial charge in [-0.15, -0.1) is 0 Å². The van der Waals surface area contributed by atoms with Gasteiger partial charge in [-0.2, -0.15) is 0 Å². The van der Waals surface area contributed by atoms with Crippen LogP contribution in [0.15, 0.2) is 11.6 Å². The molecule has 15 heavy (non-hydrogen) atoms. The Balaban J connectivity index is 2.50. The number of rotatable bonds is 4. The van der Waals surface area contributed by atoms with Gasteiger partial charge >= 0.3 is 0 Å². The molecular weight excluding hydrogens is 206 g/mol. The van der Waals surface area contributed by atoms with E-state index in [0.29, 0.717) is 6.04 Å². The number of nitrogens with one attached hydrogen (secondary N) is 1. The first-order valence-corrected chi connectivity index (χ1v) is 6.45. The summed E-state index contributed by atoms with van der Waals surface area (Å²) in [6.07, 6.45) is 4.02. The Hall–Kier alpha value is -0.0100. The Bertz CT molecular complexity index is 213. The van der Waals surface area contributed by atoms with Gasteiger partial charge in [0.05, 0.1) is 0 Å². The largest absolute Gasteiger partial charge is 0.309 e. The van der Waals surface area contributed by atoms with E-state index in [1.54, 1.807) is 0 Å². The van der Waals surface area contributed by atoms with Crippen LogP contribution >= 0.6 is 11.6 Å². The fourth-order valence-corrected chi connectivity index (χ4v) is 2.76. The summed E-state index contributed by atoms with van der Waals surface area (Å²) in [6, 6.07) is 0.629. The minimum Gasteiger partial charge on any atom is -0.309 e. The highest BCUT2D eigenvalue weighted by molar-refractivity contribution is 6.29. The first kappa shape index (κ1) is 13.1. The summed E-state index contributed by atoms with van der Waals surface area (Å²) in [5, 5.41) is 4.27. The molecule has 3 unspecified atom stereocenters. The van der Waals surface area contributed by atoms with Gasteiger partial charge in [0.2, 0.25) is 0 Å². The molecule has 3 atom stereocenters. The molecule has 0 aromatic carbocycles. The minimum absolute atomic E-state index is 0.629. The van der Waals surface area contributed by atoms with Crippen molar-refractivity contribution in [3.8, 4) is 0 Å². The summed E-state index contributed by atoms with van der Waals surface area (Å²) >= 11 is 5.80. The molecule has 1 fully saturated rings. The molecule has 1 nitrogen and oxygen atoms in total. The first-order chi connectivity index (χ1) is 7.00. The summed E-state index contributed by atoms with van der Waals surface area (Å²) in [6.45, 7) is 11.5. The number of halogens is 1. The van der Waals surface area contributed by atoms with Crippen LogP contribution in [0.1, 0.15) is 40.0 Å². The second kappa shape index (κ2) is 5.91. The molecule has 0 spiro atoms. The summed E-state index contributed by atoms with van der Waals surface area (Å²) in [7, 11) is 0. The van der Waals surface area contributed by atoms with Gasteiger partial charge in [-0.3, -0.25) is 0 Å². The molecule has 0 heterocycles. The lowest BCUT2D eigenvalue weighted by atomic mass is 9.74. The zero-order valence-corrected chi connectivity index (χ0v) is 11.0. The first-order valence-electron chi connectivity index (χ1n) is 6.07. The molecule has 0 amide bonds. The second-order valence-corrected chi connectivity index (χ2v) is 5.87. The lowest BCUT2D eigenvalue weighted by Gasteiger charge is -2.38. The Kier molecular flexibility index (Phi) is 5.14. The average molecular weight is 230 g/mol. The van der Waals surface area contributed by atoms with Crippen LogP contribution in [-0.4, -0.2) is 12.6 Å². The van der Waals surface area contributed by atoms with Gasteiger partial charge in [0.15, 0.2) is 0 Å². The van der Waals surface area contributed by atoms with Crippen LogP contribution in [-0.2, 0) is 0 Å². The molecule has 0 aromatic heterocycles. The van der Waals surface area contributed by atoms with E-state index in [1.807, 2.05) is 0 Å². The molecule has 1 rings (SSSR count). The van der Waals surface area contributed by atoms with Crippen molar-refractivity contribution in [1.29, 1.82) is 0 Å². The third kappa shape index (κ3) is 4.16. The van der Waals surface area contributed by atoms with E-state index in [2.05, 4.69) is 32.7 Å². The Labute approximate surface area is 99.3 Å². The second-order valence-electron chi connectivity index (χ2n) is 5.33. The summed E-state index contributed by atoms with van der Waals surface area (Å²) in [5.74, 6) is 2.41. The maximum atomic E-state index is 5.80. The predicted octanol–water partition coefficient (Wildman–Crippen LogP) is 3.79. The van der Waals surface area contributed by atoms with E-state index in [1.165, 1.54) is 19.3 Å². The van der Waals surface area contributed by atoms with Crippen molar-refractivity contribution in [2.45, 2.75) is 46.1 Å². The zero-order chi connectivity index (χ0) is 11.4. The molecule has 2 heteroatoms. The average Bonchev–Trinajstić information content (AvgIpc) is 2.14. The number of hydrogen-bond acceptors (Lipinski definition) is 1. The van der Waals surface area contributed by atoms with Crippen molar-refractivity contribution in [2.75, 3.05) is 6.54 Å². The molecule has 1 N–H and O–H groups in total. The molecule has 0 radical (unpaired) electrons. The van der Waals surface area contributed by atoms with Crippen LogP contribution in [0.4, 0.5) is 0 Å². The van der Waals surface area contributed by atoms with Crippen LogP contribution in [0.25, 0.3) is 0 Å². The van der Waals surface area contributed by atoms with Gasteiger partial charge in [0.1, 0.15) is 0 Å². The van der Waals surface area contributed by atoms with Gasteiger partial charge in [0, 0.05) is 17.6 Å². The topological polar surface area (TPSA) is 12.0 Å². The molecule has 0 bridgehead atoms. The highest BCUT2D eigenvalue weighted by Gasteiger charge is 2.29. The third-order valence-corrected chi connectivity index (χ3v) is 3.71. The van der Waals surface area contributed by atoms with Crippen molar-refractivity contribution in [3.63, 3.8) is 0 Å². The van der Waals surface area contributed by atoms with Gasteiger partial charge < -0.3 is 5.32 Å². The van der Waals surface area contributed by atoms with Gasteiger partial charge in [0.25, 0.3) is 0 Å². The Morgan fingerprint density at radius 3 is 2.67 bits per heavy atom. The van der Waals surface area contributed by atoms with Crippen LogP contribution in [0.3, 0.4) is 0 Å². The van der Waals surface area contributed by atoms with Crippen LogP contribution < -0.4 is 5.32 Å². The fourth-order valence-electron chi connectivity index (χ4n) is 2.68. The zero-order valence-electron chi connectivity index (χ0n) is 10.2. The van der Waals surface area contributed by atoms with E-state index in [0.717, 1.165) is 29.3 Å². The predicted molar refractivity (Wildman–Crippen MR) is 68.1 cm³/mol. The Morgan fingerprint density at radius 1 is 1.47 bits per heavy atom. The van der Waals surface area contributed by atoms with Gasteiger partial charge in [-0.1, -0.05) is 45.4 Å². The van der Waals surface area contributed by atoms with E-state index in [-0.39, 0.29) is 0 Å². The molecule has 1 aliphatic rings. The van der Waals surface area contributed by atoms with Crippen LogP contribution in [0.2, 0.25) is 0 Å². The molecule has 1 saturated carbocycles. The maximum Gasteiger partial charge on any atom is 0.0310 e. The highest BCUT2D eigenvalue weighted by atomic mass is 35.5. The SMILES string of the molecule is C=C(Cl)CNC1CC(C)CCC1C(C)C. The summed E-state index contributed by atoms with van der Waals surface area (Å²) < 4.78 is 0. The molecule has 0 aliphatic heterocycles. The number of hydrogen-bond donors (Lipinski definition) is 1. The molecular formula is C13H24ClN. The van der Waals surface area contributed by atoms with E-state index >= 15 is 0 Å². The van der Waals surface area contributed by atoms with Crippen LogP contribution in [0.5, 0.6) is 0 Å². The Morgan fingerprint density at radius 2 is 2.13 bits per heavy atom. The third-order valence-electron chi connectivity index (χ3n) is 3.58. The quantitative estimate of drug-likeness (QED) is 0.774. The normalized spacial score (nSPS) is 31.9. The van der Waals surface area contributed by atoms with Crippen molar-refractivity contribution >= 4 is 11.6 Å². The molecule has 0 saturated heterocycles. The monoisotopic (exact) mass is 229 g/mol. The maximum absolute atomic E-state index is 5.80. The van der Waals surface area contributed by atoms with Crippen molar-refractivity contribution in [1.82, 2.24) is 5.32 Å². The molecule has 1 aliphatic carbocycles. The lowest BCUT2D eigenvalue weighted by Crippen LogP contribution is -2.43. The lowest BCUT2D eigenvalue weighted by molar-refractivity contribution is 0.173. The highest BCUT2D eigenvalue weighted by Crippen LogP contribution is 2.33. The summed E-state index contributed by atoms with van der Waals surface area (Å²) in [5.41, 5.74) is 0. The van der Waals surface area contributed by atoms with E-state index < -0.39 is 0 Å². The molecule has 0 aromatic rings. The van der Waals surface area contributed by atoms with Crippen molar-refractivity contribution < 1.29 is 0 Å². The molecule has 88 valence electrons. The van der Waals surface area contributed by atoms with Gasteiger partial charge in [-0.25, -0.2) is 0 Å². The fraction of sp³-hybridized carbons (Fsp3) is 0.846. The van der Waals surface area contributed by atoms with Gasteiger partial charge in [-0.05, 0) is 30.6 Å². The summed E-state index contributed by atoms with van der Waals surface area (Å²) in [4.78, 5) is 0. The van der Waals surface area contributed by atoms with Crippen molar-refractivity contribution in [2.24, 2.45) is 17.8 Å². The smallest absolute Gasteiger partial charge is 0.0310 e. The minimum atomic E-state index is 0.629. The van der Waals surface area contributed by atoms with Crippen molar-refractivity contribution in [3.05, 3.63) is 11.6 Å². The van der Waals surface area contributed by atoms with Crippen LogP contribution in [0, 0.1) is 17.8 Å².